The number of carbonyl (C=O) groups excluding carboxylic acids is 3. The van der Waals surface area contributed by atoms with Crippen LogP contribution in [0.4, 0.5) is 11.4 Å². The molecule has 7 nitrogen and oxygen atoms in total. The summed E-state index contributed by atoms with van der Waals surface area (Å²) in [6.07, 6.45) is 3.68. The van der Waals surface area contributed by atoms with Gasteiger partial charge < -0.3 is 20.1 Å². The van der Waals surface area contributed by atoms with Gasteiger partial charge in [0.05, 0.1) is 22.0 Å². The number of aromatic nitrogens is 1. The van der Waals surface area contributed by atoms with Crippen molar-refractivity contribution >= 4 is 51.8 Å². The van der Waals surface area contributed by atoms with Crippen LogP contribution in [0.1, 0.15) is 66.6 Å². The molecule has 1 aromatic carbocycles. The molecule has 0 bridgehead atoms. The number of thiophene rings is 1. The van der Waals surface area contributed by atoms with E-state index >= 15 is 0 Å². The van der Waals surface area contributed by atoms with Crippen LogP contribution in [0.15, 0.2) is 41.2 Å². The van der Waals surface area contributed by atoms with Gasteiger partial charge in [0.25, 0.3) is 5.91 Å². The number of anilines is 2. The van der Waals surface area contributed by atoms with E-state index < -0.39 is 5.97 Å². The van der Waals surface area contributed by atoms with Crippen molar-refractivity contribution in [3.63, 3.8) is 0 Å². The Bertz CT molecular complexity index is 1200. The van der Waals surface area contributed by atoms with Gasteiger partial charge in [-0.2, -0.15) is 0 Å². The number of carbonyl (C=O) groups is 3. The van der Waals surface area contributed by atoms with E-state index in [1.807, 2.05) is 26.0 Å². The molecule has 0 radical (unpaired) electrons. The Kier molecular flexibility index (Phi) is 10.5. The van der Waals surface area contributed by atoms with Crippen molar-refractivity contribution in [2.75, 3.05) is 10.2 Å². The van der Waals surface area contributed by atoms with Gasteiger partial charge in [-0.3, -0.25) is 9.59 Å². The zero-order valence-corrected chi connectivity index (χ0v) is 25.7. The van der Waals surface area contributed by atoms with Crippen molar-refractivity contribution in [1.82, 2.24) is 4.98 Å². The van der Waals surface area contributed by atoms with E-state index in [0.29, 0.717) is 27.9 Å². The summed E-state index contributed by atoms with van der Waals surface area (Å²) in [6, 6.07) is 8.72. The smallest absolute Gasteiger partial charge is 0.544 e. The first kappa shape index (κ1) is 29.2. The third-order valence-corrected chi connectivity index (χ3v) is 8.11. The molecule has 1 saturated carbocycles. The zero-order chi connectivity index (χ0) is 25.1. The van der Waals surface area contributed by atoms with Gasteiger partial charge in [-0.15, -0.1) is 22.7 Å². The third kappa shape index (κ3) is 6.72. The van der Waals surface area contributed by atoms with Crippen LogP contribution in [-0.2, 0) is 4.79 Å². The van der Waals surface area contributed by atoms with Crippen LogP contribution >= 0.6 is 22.7 Å². The van der Waals surface area contributed by atoms with Gasteiger partial charge in [-0.1, -0.05) is 19.1 Å². The average molecular weight is 550 g/mol. The maximum atomic E-state index is 13.5. The number of hydrogen-bond acceptors (Lipinski definition) is 7. The van der Waals surface area contributed by atoms with Crippen LogP contribution in [0.5, 0.6) is 0 Å². The molecule has 1 fully saturated rings. The minimum atomic E-state index is -1.29. The summed E-state index contributed by atoms with van der Waals surface area (Å²) in [6.45, 7) is 6.01. The minimum absolute atomic E-state index is 0. The van der Waals surface area contributed by atoms with Crippen LogP contribution in [-0.4, -0.2) is 28.8 Å². The first-order valence-electron chi connectivity index (χ1n) is 11.7. The van der Waals surface area contributed by atoms with Crippen LogP contribution in [0.2, 0.25) is 0 Å². The fraction of sp³-hybridized carbons (Fsp3) is 0.385. The quantitative estimate of drug-likeness (QED) is 0.455. The molecule has 2 amide bonds. The second-order valence-corrected chi connectivity index (χ2v) is 11.0. The summed E-state index contributed by atoms with van der Waals surface area (Å²) in [5, 5.41) is 16.5. The average Bonchev–Trinajstić information content (AvgIpc) is 3.51. The summed E-state index contributed by atoms with van der Waals surface area (Å²) in [5.74, 6) is -1.07. The second-order valence-electron chi connectivity index (χ2n) is 9.28. The molecule has 1 aliphatic carbocycles. The fourth-order valence-corrected chi connectivity index (χ4v) is 5.96. The molecule has 1 N–H and O–H groups in total. The van der Waals surface area contributed by atoms with Crippen LogP contribution in [0, 0.1) is 11.8 Å². The Balaban J connectivity index is 0.00000361. The monoisotopic (exact) mass is 549 g/mol. The Labute approximate surface area is 261 Å². The number of benzene rings is 1. The van der Waals surface area contributed by atoms with E-state index in [4.69, 9.17) is 0 Å². The summed E-state index contributed by atoms with van der Waals surface area (Å²) >= 11 is 2.44. The Morgan fingerprint density at radius 3 is 2.33 bits per heavy atom. The predicted molar refractivity (Wildman–Crippen MR) is 138 cm³/mol. The molecular formula is C26H28KN3O4S2. The first-order chi connectivity index (χ1) is 16.7. The molecule has 0 unspecified atom stereocenters. The van der Waals surface area contributed by atoms with E-state index in [1.54, 1.807) is 34.0 Å². The maximum absolute atomic E-state index is 13.5. The second kappa shape index (κ2) is 12.9. The van der Waals surface area contributed by atoms with Gasteiger partial charge >= 0.3 is 51.4 Å². The van der Waals surface area contributed by atoms with Crippen molar-refractivity contribution in [1.29, 1.82) is 0 Å². The Morgan fingerprint density at radius 1 is 1.11 bits per heavy atom. The number of nitrogens with zero attached hydrogens (tertiary/aromatic N) is 2. The fourth-order valence-electron chi connectivity index (χ4n) is 4.44. The van der Waals surface area contributed by atoms with Crippen molar-refractivity contribution in [3.05, 3.63) is 51.8 Å². The third-order valence-electron chi connectivity index (χ3n) is 6.37. The van der Waals surface area contributed by atoms with Gasteiger partial charge in [0.15, 0.2) is 0 Å². The molecule has 1 aliphatic rings. The number of thiazole rings is 1. The molecule has 2 heterocycles. The van der Waals surface area contributed by atoms with Crippen LogP contribution in [0.25, 0.3) is 10.4 Å². The molecule has 184 valence electrons. The molecule has 4 rings (SSSR count). The summed E-state index contributed by atoms with van der Waals surface area (Å²) in [7, 11) is 0. The van der Waals surface area contributed by atoms with Crippen LogP contribution in [0.3, 0.4) is 0 Å². The van der Waals surface area contributed by atoms with E-state index in [1.165, 1.54) is 11.3 Å². The first-order valence-corrected chi connectivity index (χ1v) is 13.5. The maximum Gasteiger partial charge on any atom is 1.00 e. The molecule has 0 aliphatic heterocycles. The molecule has 2 aromatic heterocycles. The van der Waals surface area contributed by atoms with E-state index in [9.17, 15) is 19.5 Å². The Morgan fingerprint density at radius 2 is 1.78 bits per heavy atom. The number of amides is 2. The van der Waals surface area contributed by atoms with Crippen molar-refractivity contribution < 1.29 is 70.9 Å². The number of nitrogens with one attached hydrogen (secondary N) is 1. The number of carboxylic acid groups (broad SMARTS) is 1. The van der Waals surface area contributed by atoms with Crippen molar-refractivity contribution in [3.8, 4) is 10.4 Å². The largest absolute Gasteiger partial charge is 1.00 e. The van der Waals surface area contributed by atoms with E-state index in [2.05, 4.69) is 17.2 Å². The normalized spacial score (nSPS) is 17.3. The Hall–Kier alpha value is -1.40. The number of aromatic carboxylic acids is 1. The molecule has 0 atom stereocenters. The van der Waals surface area contributed by atoms with E-state index in [0.717, 1.165) is 42.6 Å². The van der Waals surface area contributed by atoms with Gasteiger partial charge in [0.2, 0.25) is 5.91 Å². The number of hydrogen-bond donors (Lipinski definition) is 1. The molecule has 10 heteroatoms. The number of rotatable bonds is 7. The van der Waals surface area contributed by atoms with E-state index in [-0.39, 0.29) is 80.0 Å². The SMILES string of the molecule is CC(C)N(c1cc(-c2ccc(NC(=O)c3cscn3)cc2)sc1C(=O)[O-])C(=O)[C@H]1CC[C@H](C)CC1.[K+]. The molecule has 0 saturated heterocycles. The summed E-state index contributed by atoms with van der Waals surface area (Å²) in [4.78, 5) is 44.1. The zero-order valence-electron chi connectivity index (χ0n) is 20.9. The van der Waals surface area contributed by atoms with Crippen molar-refractivity contribution in [2.24, 2.45) is 11.8 Å². The molecule has 0 spiro atoms. The summed E-state index contributed by atoms with van der Waals surface area (Å²) < 4.78 is 0. The van der Waals surface area contributed by atoms with Gasteiger partial charge in [0, 0.05) is 27.9 Å². The minimum Gasteiger partial charge on any atom is -0.544 e. The number of carboxylic acids is 1. The van der Waals surface area contributed by atoms with Crippen molar-refractivity contribution in [2.45, 2.75) is 52.5 Å². The molecule has 3 aromatic rings. The van der Waals surface area contributed by atoms with Gasteiger partial charge in [-0.05, 0) is 69.2 Å². The van der Waals surface area contributed by atoms with Crippen LogP contribution < -0.4 is 66.7 Å². The molecule has 36 heavy (non-hydrogen) atoms. The topological polar surface area (TPSA) is 102 Å². The summed E-state index contributed by atoms with van der Waals surface area (Å²) in [5.41, 5.74) is 3.74. The molecular weight excluding hydrogens is 522 g/mol. The standard InChI is InChI=1S/C26H29N3O4S2.K/c1-15(2)29(25(31)18-6-4-16(3)5-7-18)21-12-22(35-23(21)26(32)33)17-8-10-19(11-9-17)28-24(30)20-13-34-14-27-20;/h8-16,18H,4-7H2,1-3H3,(H,28,30)(H,32,33);/q;+1/p-1/t16-,18-;. The predicted octanol–water partition coefficient (Wildman–Crippen LogP) is 2.06. The van der Waals surface area contributed by atoms with Gasteiger partial charge in [-0.25, -0.2) is 4.98 Å². The van der Waals surface area contributed by atoms with Gasteiger partial charge in [0.1, 0.15) is 5.69 Å².